The van der Waals surface area contributed by atoms with E-state index >= 15 is 0 Å². The standard InChI is InChI=1S/C15H17NO3/c1-11-13(9-6-10-14(17)18-2)16-15(19-11)12-7-4-3-5-8-12/h3-5,7-8H,6,9-10H2,1-2H3. The summed E-state index contributed by atoms with van der Waals surface area (Å²) < 4.78 is 10.3. The number of methoxy groups -OCH3 is 1. The Balaban J connectivity index is 2.03. The molecule has 1 aromatic carbocycles. The van der Waals surface area contributed by atoms with Gasteiger partial charge < -0.3 is 9.15 Å². The number of benzene rings is 1. The summed E-state index contributed by atoms with van der Waals surface area (Å²) in [5.41, 5.74) is 1.87. The van der Waals surface area contributed by atoms with Crippen molar-refractivity contribution in [2.24, 2.45) is 0 Å². The Labute approximate surface area is 112 Å². The molecule has 0 unspecified atom stereocenters. The molecular formula is C15H17NO3. The largest absolute Gasteiger partial charge is 0.469 e. The van der Waals surface area contributed by atoms with Crippen LogP contribution >= 0.6 is 0 Å². The van der Waals surface area contributed by atoms with E-state index in [0.29, 0.717) is 18.7 Å². The maximum absolute atomic E-state index is 11.0. The first-order valence-corrected chi connectivity index (χ1v) is 6.29. The predicted octanol–water partition coefficient (Wildman–Crippen LogP) is 3.15. The third kappa shape index (κ3) is 3.44. The van der Waals surface area contributed by atoms with Crippen LogP contribution in [0.15, 0.2) is 34.7 Å². The molecule has 1 heterocycles. The second kappa shape index (κ2) is 6.18. The molecule has 0 atom stereocenters. The van der Waals surface area contributed by atoms with E-state index in [0.717, 1.165) is 23.4 Å². The highest BCUT2D eigenvalue weighted by Gasteiger charge is 2.11. The molecule has 0 N–H and O–H groups in total. The van der Waals surface area contributed by atoms with Crippen LogP contribution in [0.1, 0.15) is 24.3 Å². The SMILES string of the molecule is COC(=O)CCCc1nc(-c2ccccc2)oc1C. The van der Waals surface area contributed by atoms with Crippen molar-refractivity contribution in [2.45, 2.75) is 26.2 Å². The van der Waals surface area contributed by atoms with Crippen LogP contribution in [0.3, 0.4) is 0 Å². The van der Waals surface area contributed by atoms with Crippen LogP contribution in [0.25, 0.3) is 11.5 Å². The molecule has 0 spiro atoms. The molecule has 19 heavy (non-hydrogen) atoms. The van der Waals surface area contributed by atoms with Crippen LogP contribution < -0.4 is 0 Å². The molecule has 2 aromatic rings. The zero-order chi connectivity index (χ0) is 13.7. The van der Waals surface area contributed by atoms with Crippen molar-refractivity contribution in [1.29, 1.82) is 0 Å². The highest BCUT2D eigenvalue weighted by molar-refractivity contribution is 5.69. The number of hydrogen-bond donors (Lipinski definition) is 0. The Bertz CT molecular complexity index is 546. The van der Waals surface area contributed by atoms with Crippen molar-refractivity contribution in [3.63, 3.8) is 0 Å². The Kier molecular flexibility index (Phi) is 4.34. The van der Waals surface area contributed by atoms with E-state index in [1.807, 2.05) is 37.3 Å². The first kappa shape index (κ1) is 13.3. The minimum Gasteiger partial charge on any atom is -0.469 e. The van der Waals surface area contributed by atoms with Crippen molar-refractivity contribution in [1.82, 2.24) is 4.98 Å². The van der Waals surface area contributed by atoms with Gasteiger partial charge in [0.15, 0.2) is 0 Å². The summed E-state index contributed by atoms with van der Waals surface area (Å²) in [5.74, 6) is 1.25. The lowest BCUT2D eigenvalue weighted by atomic mass is 10.2. The fourth-order valence-corrected chi connectivity index (χ4v) is 1.87. The summed E-state index contributed by atoms with van der Waals surface area (Å²) in [5, 5.41) is 0. The smallest absolute Gasteiger partial charge is 0.305 e. The third-order valence-electron chi connectivity index (χ3n) is 2.94. The van der Waals surface area contributed by atoms with Gasteiger partial charge in [-0.1, -0.05) is 18.2 Å². The predicted molar refractivity (Wildman–Crippen MR) is 71.6 cm³/mol. The van der Waals surface area contributed by atoms with E-state index < -0.39 is 0 Å². The number of aryl methyl sites for hydroxylation is 2. The van der Waals surface area contributed by atoms with E-state index in [-0.39, 0.29) is 5.97 Å². The van der Waals surface area contributed by atoms with Gasteiger partial charge in [-0.3, -0.25) is 4.79 Å². The second-order valence-electron chi connectivity index (χ2n) is 4.32. The van der Waals surface area contributed by atoms with Crippen LogP contribution in [0.5, 0.6) is 0 Å². The summed E-state index contributed by atoms with van der Waals surface area (Å²) in [4.78, 5) is 15.5. The summed E-state index contributed by atoms with van der Waals surface area (Å²) >= 11 is 0. The number of rotatable bonds is 5. The molecule has 0 radical (unpaired) electrons. The highest BCUT2D eigenvalue weighted by Crippen LogP contribution is 2.22. The minimum atomic E-state index is -0.190. The fraction of sp³-hybridized carbons (Fsp3) is 0.333. The molecule has 100 valence electrons. The van der Waals surface area contributed by atoms with Crippen LogP contribution in [0, 0.1) is 6.92 Å². The second-order valence-corrected chi connectivity index (χ2v) is 4.32. The summed E-state index contributed by atoms with van der Waals surface area (Å²) in [6, 6.07) is 9.78. The molecule has 0 aliphatic rings. The van der Waals surface area contributed by atoms with Crippen molar-refractivity contribution < 1.29 is 13.9 Å². The molecule has 0 amide bonds. The van der Waals surface area contributed by atoms with Gasteiger partial charge in [0.2, 0.25) is 5.89 Å². The number of aromatic nitrogens is 1. The quantitative estimate of drug-likeness (QED) is 0.774. The first-order valence-electron chi connectivity index (χ1n) is 6.29. The van der Waals surface area contributed by atoms with Crippen LogP contribution in [-0.2, 0) is 16.0 Å². The van der Waals surface area contributed by atoms with E-state index in [9.17, 15) is 4.79 Å². The van der Waals surface area contributed by atoms with Gasteiger partial charge in [0.05, 0.1) is 12.8 Å². The van der Waals surface area contributed by atoms with Gasteiger partial charge in [-0.25, -0.2) is 4.98 Å². The van der Waals surface area contributed by atoms with Crippen molar-refractivity contribution in [3.8, 4) is 11.5 Å². The zero-order valence-corrected chi connectivity index (χ0v) is 11.2. The lowest BCUT2D eigenvalue weighted by Gasteiger charge is -1.97. The van der Waals surface area contributed by atoms with Gasteiger partial charge in [0.25, 0.3) is 0 Å². The average Bonchev–Trinajstić information content (AvgIpc) is 2.81. The molecule has 0 aliphatic heterocycles. The molecule has 1 aromatic heterocycles. The number of oxazole rings is 1. The van der Waals surface area contributed by atoms with E-state index in [2.05, 4.69) is 9.72 Å². The number of carbonyl (C=O) groups excluding carboxylic acids is 1. The third-order valence-corrected chi connectivity index (χ3v) is 2.94. The molecular weight excluding hydrogens is 242 g/mol. The molecule has 4 heteroatoms. The molecule has 0 saturated heterocycles. The summed E-state index contributed by atoms with van der Waals surface area (Å²) in [6.45, 7) is 1.90. The van der Waals surface area contributed by atoms with Crippen LogP contribution in [-0.4, -0.2) is 18.1 Å². The van der Waals surface area contributed by atoms with E-state index in [1.165, 1.54) is 7.11 Å². The number of esters is 1. The molecule has 0 bridgehead atoms. The minimum absolute atomic E-state index is 0.190. The highest BCUT2D eigenvalue weighted by atomic mass is 16.5. The number of nitrogens with zero attached hydrogens (tertiary/aromatic N) is 1. The topological polar surface area (TPSA) is 52.3 Å². The molecule has 0 saturated carbocycles. The van der Waals surface area contributed by atoms with Gasteiger partial charge in [-0.2, -0.15) is 0 Å². The molecule has 0 aliphatic carbocycles. The van der Waals surface area contributed by atoms with Crippen molar-refractivity contribution >= 4 is 5.97 Å². The Morgan fingerprint density at radius 1 is 1.32 bits per heavy atom. The van der Waals surface area contributed by atoms with Crippen molar-refractivity contribution in [3.05, 3.63) is 41.8 Å². The first-order chi connectivity index (χ1) is 9.20. The average molecular weight is 259 g/mol. The Morgan fingerprint density at radius 2 is 2.05 bits per heavy atom. The lowest BCUT2D eigenvalue weighted by Crippen LogP contribution is -2.01. The van der Waals surface area contributed by atoms with Crippen LogP contribution in [0.4, 0.5) is 0 Å². The summed E-state index contributed by atoms with van der Waals surface area (Å²) in [7, 11) is 1.40. The fourth-order valence-electron chi connectivity index (χ4n) is 1.87. The van der Waals surface area contributed by atoms with E-state index in [1.54, 1.807) is 0 Å². The van der Waals surface area contributed by atoms with E-state index in [4.69, 9.17) is 4.42 Å². The lowest BCUT2D eigenvalue weighted by molar-refractivity contribution is -0.140. The molecule has 2 rings (SSSR count). The van der Waals surface area contributed by atoms with Crippen molar-refractivity contribution in [2.75, 3.05) is 7.11 Å². The van der Waals surface area contributed by atoms with Crippen LogP contribution in [0.2, 0.25) is 0 Å². The Hall–Kier alpha value is -2.10. The number of ether oxygens (including phenoxy) is 1. The Morgan fingerprint density at radius 3 is 2.74 bits per heavy atom. The normalized spacial score (nSPS) is 10.4. The molecule has 4 nitrogen and oxygen atoms in total. The maximum Gasteiger partial charge on any atom is 0.305 e. The summed E-state index contributed by atoms with van der Waals surface area (Å²) in [6.07, 6.45) is 1.84. The van der Waals surface area contributed by atoms with Gasteiger partial charge in [0, 0.05) is 12.0 Å². The zero-order valence-electron chi connectivity index (χ0n) is 11.2. The van der Waals surface area contributed by atoms with Gasteiger partial charge in [-0.05, 0) is 31.9 Å². The number of carbonyl (C=O) groups is 1. The maximum atomic E-state index is 11.0. The van der Waals surface area contributed by atoms with Gasteiger partial charge in [0.1, 0.15) is 5.76 Å². The molecule has 0 fully saturated rings. The monoisotopic (exact) mass is 259 g/mol. The number of hydrogen-bond acceptors (Lipinski definition) is 4. The van der Waals surface area contributed by atoms with Gasteiger partial charge >= 0.3 is 5.97 Å². The van der Waals surface area contributed by atoms with Gasteiger partial charge in [-0.15, -0.1) is 0 Å².